The van der Waals surface area contributed by atoms with E-state index in [1.54, 1.807) is 12.3 Å². The van der Waals surface area contributed by atoms with Gasteiger partial charge in [0.05, 0.1) is 22.1 Å². The Morgan fingerprint density at radius 3 is 2.67 bits per heavy atom. The molecule has 0 saturated heterocycles. The number of aryl methyl sites for hydroxylation is 1. The zero-order chi connectivity index (χ0) is 23.8. The second-order valence-corrected chi connectivity index (χ2v) is 9.16. The molecular formula is C23H26BrFN6O2. The number of hydrogen-bond acceptors (Lipinski definition) is 7. The van der Waals surface area contributed by atoms with Crippen molar-refractivity contribution in [1.82, 2.24) is 19.5 Å². The maximum absolute atomic E-state index is 14.4. The SMILES string of the molecule is CCC(CF)(CCc1ccc2cc(Br)c(N)nc2c1)[C@@H](O)[C@@H](O)n1ccc2c(N)ncnc21. The summed E-state index contributed by atoms with van der Waals surface area (Å²) in [6, 6.07) is 9.37. The molecule has 3 aromatic heterocycles. The number of anilines is 2. The smallest absolute Gasteiger partial charge is 0.158 e. The molecule has 0 spiro atoms. The van der Waals surface area contributed by atoms with Gasteiger partial charge in [0.2, 0.25) is 0 Å². The van der Waals surface area contributed by atoms with Crippen molar-refractivity contribution in [3.63, 3.8) is 0 Å². The summed E-state index contributed by atoms with van der Waals surface area (Å²) in [5.74, 6) is 0.665. The minimum Gasteiger partial charge on any atom is -0.388 e. The van der Waals surface area contributed by atoms with Crippen LogP contribution in [0.2, 0.25) is 0 Å². The Bertz CT molecular complexity index is 1290. The van der Waals surface area contributed by atoms with Crippen molar-refractivity contribution in [1.29, 1.82) is 0 Å². The van der Waals surface area contributed by atoms with E-state index in [0.29, 0.717) is 36.1 Å². The Morgan fingerprint density at radius 2 is 1.94 bits per heavy atom. The molecule has 0 fully saturated rings. The molecule has 3 heterocycles. The number of pyridine rings is 1. The molecule has 0 aliphatic heterocycles. The second-order valence-electron chi connectivity index (χ2n) is 8.31. The van der Waals surface area contributed by atoms with Gasteiger partial charge in [-0.05, 0) is 59.0 Å². The number of aromatic nitrogens is 4. The average molecular weight is 517 g/mol. The van der Waals surface area contributed by atoms with Crippen LogP contribution in [0, 0.1) is 5.41 Å². The van der Waals surface area contributed by atoms with E-state index in [2.05, 4.69) is 30.9 Å². The van der Waals surface area contributed by atoms with Gasteiger partial charge >= 0.3 is 0 Å². The predicted octanol–water partition coefficient (Wildman–Crippen LogP) is 3.76. The molecular weight excluding hydrogens is 491 g/mol. The van der Waals surface area contributed by atoms with Crippen molar-refractivity contribution in [3.05, 3.63) is 52.9 Å². The van der Waals surface area contributed by atoms with E-state index in [0.717, 1.165) is 20.9 Å². The highest BCUT2D eigenvalue weighted by Crippen LogP contribution is 2.38. The number of benzene rings is 1. The molecule has 0 aliphatic carbocycles. The number of nitrogens with two attached hydrogens (primary N) is 2. The first kappa shape index (κ1) is 23.3. The quantitative estimate of drug-likeness (QED) is 0.279. The summed E-state index contributed by atoms with van der Waals surface area (Å²) in [5.41, 5.74) is 12.7. The number of hydrogen-bond donors (Lipinski definition) is 4. The molecule has 3 atom stereocenters. The Hall–Kier alpha value is -2.82. The minimum absolute atomic E-state index is 0.269. The van der Waals surface area contributed by atoms with Crippen LogP contribution < -0.4 is 11.5 Å². The fourth-order valence-electron chi connectivity index (χ4n) is 4.20. The van der Waals surface area contributed by atoms with Gasteiger partial charge in [-0.2, -0.15) is 0 Å². The number of nitrogens with zero attached hydrogens (tertiary/aromatic N) is 4. The fourth-order valence-corrected chi connectivity index (χ4v) is 4.53. The third-order valence-electron chi connectivity index (χ3n) is 6.48. The zero-order valence-corrected chi connectivity index (χ0v) is 19.7. The molecule has 1 unspecified atom stereocenters. The highest BCUT2D eigenvalue weighted by Gasteiger charge is 2.41. The summed E-state index contributed by atoms with van der Waals surface area (Å²) in [5, 5.41) is 23.6. The van der Waals surface area contributed by atoms with Crippen molar-refractivity contribution in [2.24, 2.45) is 5.41 Å². The van der Waals surface area contributed by atoms with Crippen molar-refractivity contribution in [3.8, 4) is 0 Å². The van der Waals surface area contributed by atoms with Crippen LogP contribution in [-0.4, -0.2) is 42.5 Å². The molecule has 4 aromatic rings. The molecule has 1 aromatic carbocycles. The van der Waals surface area contributed by atoms with E-state index >= 15 is 0 Å². The van der Waals surface area contributed by atoms with E-state index in [1.807, 2.05) is 31.2 Å². The maximum Gasteiger partial charge on any atom is 0.158 e. The molecule has 4 rings (SSSR count). The fraction of sp³-hybridized carbons (Fsp3) is 0.348. The molecule has 0 radical (unpaired) electrons. The zero-order valence-electron chi connectivity index (χ0n) is 18.1. The lowest BCUT2D eigenvalue weighted by Crippen LogP contribution is -2.43. The lowest BCUT2D eigenvalue weighted by molar-refractivity contribution is -0.110. The molecule has 10 heteroatoms. The highest BCUT2D eigenvalue weighted by atomic mass is 79.9. The first-order valence-corrected chi connectivity index (χ1v) is 11.4. The van der Waals surface area contributed by atoms with Crippen molar-refractivity contribution in [2.45, 2.75) is 38.5 Å². The molecule has 0 amide bonds. The monoisotopic (exact) mass is 516 g/mol. The van der Waals surface area contributed by atoms with E-state index < -0.39 is 24.4 Å². The molecule has 8 nitrogen and oxygen atoms in total. The van der Waals surface area contributed by atoms with Gasteiger partial charge in [-0.25, -0.2) is 15.0 Å². The first-order chi connectivity index (χ1) is 15.8. The van der Waals surface area contributed by atoms with Gasteiger partial charge < -0.3 is 26.2 Å². The highest BCUT2D eigenvalue weighted by molar-refractivity contribution is 9.10. The largest absolute Gasteiger partial charge is 0.388 e. The molecule has 33 heavy (non-hydrogen) atoms. The van der Waals surface area contributed by atoms with Gasteiger partial charge in [-0.1, -0.05) is 19.1 Å². The van der Waals surface area contributed by atoms with Crippen molar-refractivity contribution >= 4 is 49.5 Å². The van der Waals surface area contributed by atoms with Gasteiger partial charge in [0.25, 0.3) is 0 Å². The van der Waals surface area contributed by atoms with E-state index in [-0.39, 0.29) is 5.82 Å². The topological polar surface area (TPSA) is 136 Å². The Morgan fingerprint density at radius 1 is 1.15 bits per heavy atom. The first-order valence-electron chi connectivity index (χ1n) is 10.6. The number of halogens is 2. The average Bonchev–Trinajstić information content (AvgIpc) is 3.26. The van der Waals surface area contributed by atoms with Crippen LogP contribution >= 0.6 is 15.9 Å². The van der Waals surface area contributed by atoms with Crippen molar-refractivity contribution < 1.29 is 14.6 Å². The number of aliphatic hydroxyl groups excluding tert-OH is 2. The van der Waals surface area contributed by atoms with E-state index in [9.17, 15) is 14.6 Å². The second kappa shape index (κ2) is 9.20. The third-order valence-corrected chi connectivity index (χ3v) is 7.11. The van der Waals surface area contributed by atoms with Crippen LogP contribution in [0.15, 0.2) is 47.3 Å². The summed E-state index contributed by atoms with van der Waals surface area (Å²) < 4.78 is 16.6. The lowest BCUT2D eigenvalue weighted by Gasteiger charge is -2.38. The Labute approximate surface area is 198 Å². The van der Waals surface area contributed by atoms with E-state index in [1.165, 1.54) is 10.9 Å². The predicted molar refractivity (Wildman–Crippen MR) is 130 cm³/mol. The summed E-state index contributed by atoms with van der Waals surface area (Å²) in [6.07, 6.45) is 1.24. The van der Waals surface area contributed by atoms with E-state index in [4.69, 9.17) is 11.5 Å². The molecule has 0 bridgehead atoms. The van der Waals surface area contributed by atoms with Gasteiger partial charge in [0, 0.05) is 17.0 Å². The van der Waals surface area contributed by atoms with Crippen LogP contribution in [0.25, 0.3) is 21.9 Å². The van der Waals surface area contributed by atoms with Crippen LogP contribution in [0.1, 0.15) is 31.6 Å². The third kappa shape index (κ3) is 4.25. The normalized spacial score (nSPS) is 15.5. The number of aliphatic hydroxyl groups is 2. The minimum atomic E-state index is -1.40. The van der Waals surface area contributed by atoms with Gasteiger partial charge in [-0.3, -0.25) is 4.39 Å². The Balaban J connectivity index is 1.59. The number of nitrogen functional groups attached to an aromatic ring is 2. The molecule has 174 valence electrons. The van der Waals surface area contributed by atoms with Crippen LogP contribution in [0.3, 0.4) is 0 Å². The van der Waals surface area contributed by atoms with Gasteiger partial charge in [0.1, 0.15) is 29.7 Å². The standard InChI is InChI=1S/C23H26BrFN6O2/c1-2-23(11-25,7-5-13-3-4-14-10-16(24)20(27)30-17(14)9-13)18(32)22(33)31-8-6-15-19(26)28-12-29-21(15)31/h3-4,6,8-10,12,18,22,32-33H,2,5,7,11H2,1H3,(H2,27,30)(H2,26,28,29)/t18-,22+,23?/m0/s1. The lowest BCUT2D eigenvalue weighted by atomic mass is 9.75. The van der Waals surface area contributed by atoms with Crippen LogP contribution in [0.4, 0.5) is 16.0 Å². The van der Waals surface area contributed by atoms with Crippen molar-refractivity contribution in [2.75, 3.05) is 18.1 Å². The van der Waals surface area contributed by atoms with Crippen LogP contribution in [-0.2, 0) is 6.42 Å². The molecule has 0 saturated carbocycles. The number of rotatable bonds is 8. The summed E-state index contributed by atoms with van der Waals surface area (Å²) in [4.78, 5) is 12.5. The number of fused-ring (bicyclic) bond motifs is 2. The number of alkyl halides is 1. The maximum atomic E-state index is 14.4. The van der Waals surface area contributed by atoms with Gasteiger partial charge in [0.15, 0.2) is 6.23 Å². The summed E-state index contributed by atoms with van der Waals surface area (Å²) in [7, 11) is 0. The summed E-state index contributed by atoms with van der Waals surface area (Å²) in [6.45, 7) is 1.02. The Kier molecular flexibility index (Phi) is 6.51. The van der Waals surface area contributed by atoms with Crippen LogP contribution in [0.5, 0.6) is 0 Å². The van der Waals surface area contributed by atoms with Gasteiger partial charge in [-0.15, -0.1) is 0 Å². The molecule has 6 N–H and O–H groups in total. The summed E-state index contributed by atoms with van der Waals surface area (Å²) >= 11 is 3.38. The molecule has 0 aliphatic rings.